The number of aromatic amines is 1. The highest BCUT2D eigenvalue weighted by molar-refractivity contribution is 7.89. The van der Waals surface area contributed by atoms with Crippen molar-refractivity contribution in [3.8, 4) is 33.8 Å². The summed E-state index contributed by atoms with van der Waals surface area (Å²) in [6.45, 7) is 4.33. The van der Waals surface area contributed by atoms with E-state index in [4.69, 9.17) is 10.2 Å². The SMILES string of the molecule is CC(C)c1ccc(-n2cc(-c3nn(-c4ccc(S(N)(=O)=O)cc4)cc3-c3cn[nH]c3)cn2)cc1. The summed E-state index contributed by atoms with van der Waals surface area (Å²) in [5.41, 5.74) is 6.21. The zero-order chi connectivity index (χ0) is 23.9. The van der Waals surface area contributed by atoms with Gasteiger partial charge in [-0.05, 0) is 47.9 Å². The lowest BCUT2D eigenvalue weighted by Crippen LogP contribution is -2.12. The number of rotatable bonds is 6. The molecule has 0 radical (unpaired) electrons. The van der Waals surface area contributed by atoms with Gasteiger partial charge in [0.1, 0.15) is 5.69 Å². The first kappa shape index (κ1) is 21.8. The molecule has 5 aromatic rings. The van der Waals surface area contributed by atoms with Gasteiger partial charge in [-0.1, -0.05) is 26.0 Å². The number of sulfonamides is 1. The predicted octanol–water partition coefficient (Wildman–Crippen LogP) is 3.89. The number of aromatic nitrogens is 6. The summed E-state index contributed by atoms with van der Waals surface area (Å²) in [5.74, 6) is 0.461. The summed E-state index contributed by atoms with van der Waals surface area (Å²) in [7, 11) is -3.77. The number of hydrogen-bond donors (Lipinski definition) is 2. The number of primary sulfonamides is 1. The van der Waals surface area contributed by atoms with Crippen LogP contribution in [-0.2, 0) is 10.0 Å². The fourth-order valence-corrected chi connectivity index (χ4v) is 4.23. The summed E-state index contributed by atoms with van der Waals surface area (Å²) >= 11 is 0. The van der Waals surface area contributed by atoms with E-state index >= 15 is 0 Å². The molecule has 0 aliphatic rings. The van der Waals surface area contributed by atoms with Gasteiger partial charge in [-0.15, -0.1) is 0 Å². The fourth-order valence-electron chi connectivity index (χ4n) is 3.72. The third-order valence-corrected chi connectivity index (χ3v) is 6.56. The molecule has 0 fully saturated rings. The molecule has 0 spiro atoms. The van der Waals surface area contributed by atoms with Crippen LogP contribution in [0.1, 0.15) is 25.3 Å². The van der Waals surface area contributed by atoms with Gasteiger partial charge in [0.2, 0.25) is 10.0 Å². The molecule has 0 saturated carbocycles. The Labute approximate surface area is 196 Å². The molecule has 3 N–H and O–H groups in total. The van der Waals surface area contributed by atoms with Crippen LogP contribution >= 0.6 is 0 Å². The molecule has 0 aliphatic heterocycles. The molecule has 0 bridgehead atoms. The summed E-state index contributed by atoms with van der Waals surface area (Å²) in [5, 5.41) is 21.4. The molecule has 2 aromatic carbocycles. The molecule has 0 amide bonds. The molecular formula is C24H23N7O2S. The second-order valence-electron chi connectivity index (χ2n) is 8.28. The Morgan fingerprint density at radius 1 is 0.882 bits per heavy atom. The minimum Gasteiger partial charge on any atom is -0.285 e. The molecule has 0 atom stereocenters. The molecule has 0 saturated heterocycles. The number of nitrogens with one attached hydrogen (secondary N) is 1. The molecule has 172 valence electrons. The predicted molar refractivity (Wildman–Crippen MR) is 129 cm³/mol. The van der Waals surface area contributed by atoms with Crippen molar-refractivity contribution in [2.45, 2.75) is 24.7 Å². The van der Waals surface area contributed by atoms with Crippen LogP contribution in [0, 0.1) is 0 Å². The smallest absolute Gasteiger partial charge is 0.238 e. The van der Waals surface area contributed by atoms with E-state index in [2.05, 4.69) is 53.4 Å². The zero-order valence-corrected chi connectivity index (χ0v) is 19.4. The Balaban J connectivity index is 1.55. The third kappa shape index (κ3) is 4.16. The van der Waals surface area contributed by atoms with Crippen molar-refractivity contribution in [1.29, 1.82) is 0 Å². The number of nitrogens with two attached hydrogens (primary N) is 1. The molecule has 3 aromatic heterocycles. The van der Waals surface area contributed by atoms with E-state index in [1.54, 1.807) is 35.4 Å². The largest absolute Gasteiger partial charge is 0.285 e. The van der Waals surface area contributed by atoms with Gasteiger partial charge in [0.25, 0.3) is 0 Å². The van der Waals surface area contributed by atoms with E-state index in [0.29, 0.717) is 11.6 Å². The van der Waals surface area contributed by atoms with Crippen LogP contribution in [0.2, 0.25) is 0 Å². The van der Waals surface area contributed by atoms with Gasteiger partial charge in [0.05, 0.1) is 28.7 Å². The summed E-state index contributed by atoms with van der Waals surface area (Å²) in [4.78, 5) is 0.0449. The van der Waals surface area contributed by atoms with E-state index in [1.807, 2.05) is 17.1 Å². The lowest BCUT2D eigenvalue weighted by molar-refractivity contribution is 0.598. The van der Waals surface area contributed by atoms with E-state index in [0.717, 1.165) is 28.1 Å². The topological polar surface area (TPSA) is 124 Å². The molecule has 34 heavy (non-hydrogen) atoms. The van der Waals surface area contributed by atoms with Crippen LogP contribution in [0.15, 0.2) is 84.4 Å². The van der Waals surface area contributed by atoms with Crippen molar-refractivity contribution in [3.63, 3.8) is 0 Å². The Kier molecular flexibility index (Phi) is 5.39. The lowest BCUT2D eigenvalue weighted by atomic mass is 10.0. The van der Waals surface area contributed by atoms with Crippen LogP contribution in [-0.4, -0.2) is 38.2 Å². The minimum absolute atomic E-state index is 0.0449. The van der Waals surface area contributed by atoms with Crippen LogP contribution in [0.5, 0.6) is 0 Å². The number of nitrogens with zero attached hydrogens (tertiary/aromatic N) is 5. The monoisotopic (exact) mass is 473 g/mol. The van der Waals surface area contributed by atoms with Gasteiger partial charge >= 0.3 is 0 Å². The van der Waals surface area contributed by atoms with Gasteiger partial charge in [-0.2, -0.15) is 15.3 Å². The first-order chi connectivity index (χ1) is 16.3. The third-order valence-electron chi connectivity index (χ3n) is 5.63. The van der Waals surface area contributed by atoms with Crippen LogP contribution in [0.3, 0.4) is 0 Å². The second kappa shape index (κ2) is 8.40. The average molecular weight is 474 g/mol. The molecule has 3 heterocycles. The standard InChI is InChI=1S/C24H23N7O2S/c1-16(2)17-3-5-20(6-4-17)30-14-19(13-28-30)24-23(18-11-26-27-12-18)15-31(29-24)21-7-9-22(10-8-21)34(25,32)33/h3-16H,1-2H3,(H,26,27)(H2,25,32,33). The van der Waals surface area contributed by atoms with Crippen molar-refractivity contribution in [3.05, 3.63) is 85.1 Å². The molecular weight excluding hydrogens is 450 g/mol. The lowest BCUT2D eigenvalue weighted by Gasteiger charge is -2.06. The van der Waals surface area contributed by atoms with Crippen molar-refractivity contribution in [2.75, 3.05) is 0 Å². The highest BCUT2D eigenvalue weighted by Gasteiger charge is 2.17. The van der Waals surface area contributed by atoms with Crippen LogP contribution < -0.4 is 5.14 Å². The number of benzene rings is 2. The van der Waals surface area contributed by atoms with Crippen molar-refractivity contribution >= 4 is 10.0 Å². The molecule has 10 heteroatoms. The Morgan fingerprint density at radius 2 is 1.56 bits per heavy atom. The maximum Gasteiger partial charge on any atom is 0.238 e. The maximum atomic E-state index is 11.6. The average Bonchev–Trinajstić information content (AvgIpc) is 3.59. The zero-order valence-electron chi connectivity index (χ0n) is 18.6. The van der Waals surface area contributed by atoms with E-state index in [9.17, 15) is 8.42 Å². The summed E-state index contributed by atoms with van der Waals surface area (Å²) in [6.07, 6.45) is 9.11. The quantitative estimate of drug-likeness (QED) is 0.387. The van der Waals surface area contributed by atoms with Crippen molar-refractivity contribution < 1.29 is 8.42 Å². The van der Waals surface area contributed by atoms with Gasteiger partial charge < -0.3 is 0 Å². The van der Waals surface area contributed by atoms with E-state index < -0.39 is 10.0 Å². The highest BCUT2D eigenvalue weighted by Crippen LogP contribution is 2.32. The Hall–Kier alpha value is -4.02. The molecule has 5 rings (SSSR count). The Bertz CT molecular complexity index is 1530. The minimum atomic E-state index is -3.77. The number of H-pyrrole nitrogens is 1. The van der Waals surface area contributed by atoms with Gasteiger partial charge in [-0.25, -0.2) is 22.9 Å². The van der Waals surface area contributed by atoms with Crippen LogP contribution in [0.4, 0.5) is 0 Å². The van der Waals surface area contributed by atoms with Gasteiger partial charge in [0.15, 0.2) is 0 Å². The number of hydrogen-bond acceptors (Lipinski definition) is 5. The van der Waals surface area contributed by atoms with Crippen molar-refractivity contribution in [2.24, 2.45) is 5.14 Å². The molecule has 9 nitrogen and oxygen atoms in total. The first-order valence-electron chi connectivity index (χ1n) is 10.7. The molecule has 0 aliphatic carbocycles. The van der Waals surface area contributed by atoms with E-state index in [-0.39, 0.29) is 4.90 Å². The second-order valence-corrected chi connectivity index (χ2v) is 9.84. The Morgan fingerprint density at radius 3 is 2.18 bits per heavy atom. The maximum absolute atomic E-state index is 11.6. The fraction of sp³-hybridized carbons (Fsp3) is 0.125. The first-order valence-corrected chi connectivity index (χ1v) is 12.2. The van der Waals surface area contributed by atoms with Crippen LogP contribution in [0.25, 0.3) is 33.8 Å². The summed E-state index contributed by atoms with van der Waals surface area (Å²) < 4.78 is 26.7. The van der Waals surface area contributed by atoms with E-state index in [1.165, 1.54) is 17.7 Å². The van der Waals surface area contributed by atoms with Gasteiger partial charge in [0, 0.05) is 35.3 Å². The van der Waals surface area contributed by atoms with Gasteiger partial charge in [-0.3, -0.25) is 5.10 Å². The molecule has 0 unspecified atom stereocenters. The van der Waals surface area contributed by atoms with Crippen molar-refractivity contribution in [1.82, 2.24) is 29.8 Å². The highest BCUT2D eigenvalue weighted by atomic mass is 32.2. The summed E-state index contributed by atoms with van der Waals surface area (Å²) in [6, 6.07) is 14.6. The normalized spacial score (nSPS) is 11.9.